The minimum absolute atomic E-state index is 0.118. The molecule has 4 aromatic rings. The van der Waals surface area contributed by atoms with Gasteiger partial charge in [-0.3, -0.25) is 9.25 Å². The summed E-state index contributed by atoms with van der Waals surface area (Å²) < 4.78 is 81.4. The first-order valence-corrected chi connectivity index (χ1v) is 9.55. The van der Waals surface area contributed by atoms with Crippen molar-refractivity contribution in [2.24, 2.45) is 0 Å². The van der Waals surface area contributed by atoms with Crippen molar-refractivity contribution in [1.29, 1.82) is 0 Å². The summed E-state index contributed by atoms with van der Waals surface area (Å²) in [6.45, 7) is 0.333. The fourth-order valence-corrected chi connectivity index (χ4v) is 3.58. The summed E-state index contributed by atoms with van der Waals surface area (Å²) in [4.78, 5) is 4.37. The average molecular weight is 491 g/mol. The van der Waals surface area contributed by atoms with Gasteiger partial charge in [-0.15, -0.1) is 13.2 Å². The van der Waals surface area contributed by atoms with Crippen molar-refractivity contribution in [3.8, 4) is 28.6 Å². The smallest absolute Gasteiger partial charge is 0.494 e. The molecule has 1 N–H and O–H groups in total. The summed E-state index contributed by atoms with van der Waals surface area (Å²) in [7, 11) is 0. The van der Waals surface area contributed by atoms with Crippen molar-refractivity contribution in [3.63, 3.8) is 0 Å². The molecule has 1 aromatic carbocycles. The molecule has 0 unspecified atom stereocenters. The number of aromatic nitrogens is 4. The van der Waals surface area contributed by atoms with Gasteiger partial charge in [0.15, 0.2) is 0 Å². The monoisotopic (exact) mass is 490 g/mol. The predicted octanol–water partition coefficient (Wildman–Crippen LogP) is 6.02. The Labute approximate surface area is 186 Å². The largest absolute Gasteiger partial charge is 0.573 e. The van der Waals surface area contributed by atoms with Gasteiger partial charge in [0.05, 0.1) is 33.5 Å². The number of fused-ring (bicyclic) bond motifs is 1. The van der Waals surface area contributed by atoms with Crippen LogP contribution in [-0.4, -0.2) is 37.0 Å². The van der Waals surface area contributed by atoms with Crippen molar-refractivity contribution in [1.82, 2.24) is 19.3 Å². The maximum Gasteiger partial charge on any atom is 0.573 e. The Morgan fingerprint density at radius 1 is 1.09 bits per heavy atom. The number of aromatic hydroxyl groups is 1. The van der Waals surface area contributed by atoms with E-state index in [1.165, 1.54) is 22.9 Å². The summed E-state index contributed by atoms with van der Waals surface area (Å²) >= 11 is 6.16. The Hall–Kier alpha value is -3.41. The zero-order chi connectivity index (χ0) is 24.1. The third-order valence-corrected chi connectivity index (χ3v) is 4.96. The number of hydrogen-bond acceptors (Lipinski definition) is 4. The van der Waals surface area contributed by atoms with Gasteiger partial charge < -0.3 is 9.84 Å². The number of hydrogen-bond donors (Lipinski definition) is 1. The van der Waals surface area contributed by atoms with E-state index in [1.807, 2.05) is 0 Å². The van der Waals surface area contributed by atoms with Crippen LogP contribution in [0.2, 0.25) is 5.02 Å². The molecule has 33 heavy (non-hydrogen) atoms. The lowest BCUT2D eigenvalue weighted by atomic mass is 10.1. The molecular weight excluding hydrogens is 478 g/mol. The molecule has 174 valence electrons. The van der Waals surface area contributed by atoms with E-state index in [4.69, 9.17) is 11.6 Å². The number of aryl methyl sites for hydroxylation is 1. The number of benzene rings is 1. The molecule has 6 nitrogen and oxygen atoms in total. The van der Waals surface area contributed by atoms with Crippen LogP contribution in [0.1, 0.15) is 5.56 Å². The SMILES string of the molecule is Cc1cc(-c2cc(OC(F)(F)F)ccc2Cl)nc2cn(-c3cnn(CC(F)(F)F)c3)c(O)c12. The van der Waals surface area contributed by atoms with E-state index < -0.39 is 24.8 Å². The predicted molar refractivity (Wildman–Crippen MR) is 106 cm³/mol. The van der Waals surface area contributed by atoms with Crippen LogP contribution < -0.4 is 4.74 Å². The Balaban J connectivity index is 1.77. The van der Waals surface area contributed by atoms with Crippen LogP contribution in [0.5, 0.6) is 11.6 Å². The van der Waals surface area contributed by atoms with Crippen molar-refractivity contribution in [2.75, 3.05) is 0 Å². The van der Waals surface area contributed by atoms with Gasteiger partial charge in [-0.2, -0.15) is 18.3 Å². The molecule has 3 heterocycles. The quantitative estimate of drug-likeness (QED) is 0.355. The Morgan fingerprint density at radius 2 is 1.82 bits per heavy atom. The second kappa shape index (κ2) is 7.87. The van der Waals surface area contributed by atoms with Gasteiger partial charge in [0.2, 0.25) is 5.88 Å². The average Bonchev–Trinajstić information content (AvgIpc) is 3.25. The summed E-state index contributed by atoms with van der Waals surface area (Å²) in [6, 6.07) is 4.89. The van der Waals surface area contributed by atoms with Crippen LogP contribution >= 0.6 is 11.6 Å². The highest BCUT2D eigenvalue weighted by atomic mass is 35.5. The van der Waals surface area contributed by atoms with Crippen LogP contribution in [-0.2, 0) is 6.54 Å². The van der Waals surface area contributed by atoms with Crippen LogP contribution in [0.4, 0.5) is 26.3 Å². The molecule has 0 saturated carbocycles. The Morgan fingerprint density at radius 3 is 2.48 bits per heavy atom. The molecule has 0 saturated heterocycles. The van der Waals surface area contributed by atoms with E-state index in [1.54, 1.807) is 6.92 Å². The molecule has 3 aromatic heterocycles. The molecule has 0 spiro atoms. The van der Waals surface area contributed by atoms with Crippen LogP contribution in [0, 0.1) is 6.92 Å². The maximum absolute atomic E-state index is 12.6. The van der Waals surface area contributed by atoms with E-state index >= 15 is 0 Å². The normalized spacial score (nSPS) is 12.5. The molecule has 13 heteroatoms. The van der Waals surface area contributed by atoms with Crippen LogP contribution in [0.15, 0.2) is 42.9 Å². The lowest BCUT2D eigenvalue weighted by molar-refractivity contribution is -0.274. The molecule has 0 fully saturated rings. The number of rotatable bonds is 4. The van der Waals surface area contributed by atoms with Crippen molar-refractivity contribution < 1.29 is 36.2 Å². The molecular formula is C20H13ClF6N4O2. The second-order valence-corrected chi connectivity index (χ2v) is 7.52. The first kappa shape index (κ1) is 22.8. The van der Waals surface area contributed by atoms with E-state index in [0.29, 0.717) is 15.6 Å². The van der Waals surface area contributed by atoms with Crippen molar-refractivity contribution in [2.45, 2.75) is 26.0 Å². The third-order valence-electron chi connectivity index (χ3n) is 4.63. The number of nitrogens with zero attached hydrogens (tertiary/aromatic N) is 4. The topological polar surface area (TPSA) is 65.1 Å². The molecule has 0 radical (unpaired) electrons. The van der Waals surface area contributed by atoms with Gasteiger partial charge in [0.1, 0.15) is 12.3 Å². The van der Waals surface area contributed by atoms with Gasteiger partial charge in [-0.25, -0.2) is 4.98 Å². The molecule has 0 aliphatic carbocycles. The van der Waals surface area contributed by atoms with Gasteiger partial charge in [0.25, 0.3) is 0 Å². The van der Waals surface area contributed by atoms with Gasteiger partial charge in [-0.1, -0.05) is 11.6 Å². The highest BCUT2D eigenvalue weighted by molar-refractivity contribution is 6.33. The second-order valence-electron chi connectivity index (χ2n) is 7.11. The maximum atomic E-state index is 12.6. The molecule has 0 aliphatic heterocycles. The van der Waals surface area contributed by atoms with Crippen LogP contribution in [0.3, 0.4) is 0 Å². The lowest BCUT2D eigenvalue weighted by Crippen LogP contribution is -2.17. The minimum atomic E-state index is -4.89. The first-order valence-electron chi connectivity index (χ1n) is 9.17. The number of pyridine rings is 1. The van der Waals surface area contributed by atoms with E-state index in [2.05, 4.69) is 14.8 Å². The highest BCUT2D eigenvalue weighted by Gasteiger charge is 2.31. The van der Waals surface area contributed by atoms with Gasteiger partial charge in [0, 0.05) is 18.0 Å². The summed E-state index contributed by atoms with van der Waals surface area (Å²) in [5.74, 6) is -0.771. The van der Waals surface area contributed by atoms with E-state index in [0.717, 1.165) is 24.5 Å². The number of ether oxygens (including phenoxy) is 1. The minimum Gasteiger partial charge on any atom is -0.494 e. The molecule has 0 amide bonds. The number of halogens is 7. The number of alkyl halides is 6. The standard InChI is InChI=1S/C20H13ClF6N4O2/c1-10-4-15(13-5-12(2-3-14(13)21)33-20(25,26)27)29-16-8-31(18(32)17(10)16)11-6-28-30(7-11)9-19(22,23)24/h2-8,32H,9H2,1H3. The fraction of sp³-hybridized carbons (Fsp3) is 0.200. The Kier molecular flexibility index (Phi) is 5.43. The van der Waals surface area contributed by atoms with Crippen molar-refractivity contribution >= 4 is 22.5 Å². The highest BCUT2D eigenvalue weighted by Crippen LogP contribution is 2.37. The fourth-order valence-electron chi connectivity index (χ4n) is 3.37. The molecule has 0 bridgehead atoms. The van der Waals surface area contributed by atoms with Crippen LogP contribution in [0.25, 0.3) is 27.8 Å². The molecule has 0 aliphatic rings. The first-order chi connectivity index (χ1) is 15.3. The third kappa shape index (κ3) is 4.85. The summed E-state index contributed by atoms with van der Waals surface area (Å²) in [5, 5.41) is 14.7. The summed E-state index contributed by atoms with van der Waals surface area (Å²) in [5.41, 5.74) is 1.28. The molecule has 4 rings (SSSR count). The molecule has 0 atom stereocenters. The van der Waals surface area contributed by atoms with Gasteiger partial charge >= 0.3 is 12.5 Å². The summed E-state index contributed by atoms with van der Waals surface area (Å²) in [6.07, 6.45) is -5.73. The lowest BCUT2D eigenvalue weighted by Gasteiger charge is -2.11. The van der Waals surface area contributed by atoms with Gasteiger partial charge in [-0.05, 0) is 36.8 Å². The zero-order valence-electron chi connectivity index (χ0n) is 16.5. The van der Waals surface area contributed by atoms with E-state index in [-0.39, 0.29) is 33.4 Å². The Bertz CT molecular complexity index is 1340. The van der Waals surface area contributed by atoms with E-state index in [9.17, 15) is 31.4 Å². The zero-order valence-corrected chi connectivity index (χ0v) is 17.3. The van der Waals surface area contributed by atoms with Crippen molar-refractivity contribution in [3.05, 3.63) is 53.4 Å².